The van der Waals surface area contributed by atoms with E-state index in [9.17, 15) is 4.79 Å². The number of rotatable bonds is 2. The van der Waals surface area contributed by atoms with E-state index in [1.165, 1.54) is 0 Å². The number of likely N-dealkylation sites (tertiary alicyclic amines) is 1. The third kappa shape index (κ3) is 1.61. The van der Waals surface area contributed by atoms with Gasteiger partial charge in [-0.05, 0) is 26.3 Å². The Bertz CT molecular complexity index is 170. The molecule has 0 saturated carbocycles. The highest BCUT2D eigenvalue weighted by Crippen LogP contribution is 2.23. The first kappa shape index (κ1) is 9.52. The van der Waals surface area contributed by atoms with Crippen molar-refractivity contribution < 1.29 is 4.79 Å². The average Bonchev–Trinajstić information content (AvgIpc) is 2.45. The molecule has 3 heteroatoms. The normalized spacial score (nSPS) is 30.6. The standard InChI is InChI=1S/C9H18N2O/c1-4-7-5-6-8(11(7)3)9(12)10-2/h7-8H,4-6H2,1-3H3,(H,10,12)/t7-,8+/m1/s1. The van der Waals surface area contributed by atoms with E-state index in [1.54, 1.807) is 7.05 Å². The van der Waals surface area contributed by atoms with Gasteiger partial charge in [-0.2, -0.15) is 0 Å². The highest BCUT2D eigenvalue weighted by molar-refractivity contribution is 5.81. The van der Waals surface area contributed by atoms with E-state index < -0.39 is 0 Å². The van der Waals surface area contributed by atoms with Crippen LogP contribution in [0.2, 0.25) is 0 Å². The highest BCUT2D eigenvalue weighted by atomic mass is 16.2. The number of amides is 1. The van der Waals surface area contributed by atoms with Crippen molar-refractivity contribution in [1.29, 1.82) is 0 Å². The molecule has 0 bridgehead atoms. The van der Waals surface area contributed by atoms with Crippen molar-refractivity contribution >= 4 is 5.91 Å². The van der Waals surface area contributed by atoms with E-state index in [2.05, 4.69) is 17.1 Å². The lowest BCUT2D eigenvalue weighted by atomic mass is 10.1. The molecule has 1 aliphatic heterocycles. The van der Waals surface area contributed by atoms with Crippen LogP contribution >= 0.6 is 0 Å². The van der Waals surface area contributed by atoms with Gasteiger partial charge in [0.15, 0.2) is 0 Å². The van der Waals surface area contributed by atoms with E-state index in [0.717, 1.165) is 19.3 Å². The minimum absolute atomic E-state index is 0.111. The molecular formula is C9H18N2O. The highest BCUT2D eigenvalue weighted by Gasteiger charge is 2.33. The summed E-state index contributed by atoms with van der Waals surface area (Å²) in [5.41, 5.74) is 0. The van der Waals surface area contributed by atoms with Gasteiger partial charge in [0.2, 0.25) is 5.91 Å². The van der Waals surface area contributed by atoms with Crippen LogP contribution in [0.5, 0.6) is 0 Å². The van der Waals surface area contributed by atoms with Crippen LogP contribution in [-0.2, 0) is 4.79 Å². The molecule has 3 nitrogen and oxygen atoms in total. The number of hydrogen-bond acceptors (Lipinski definition) is 2. The third-order valence-corrected chi connectivity index (χ3v) is 2.86. The van der Waals surface area contributed by atoms with E-state index in [0.29, 0.717) is 6.04 Å². The Hall–Kier alpha value is -0.570. The lowest BCUT2D eigenvalue weighted by molar-refractivity contribution is -0.124. The van der Waals surface area contributed by atoms with Gasteiger partial charge in [-0.15, -0.1) is 0 Å². The summed E-state index contributed by atoms with van der Waals surface area (Å²) >= 11 is 0. The first-order valence-electron chi connectivity index (χ1n) is 4.64. The molecule has 1 N–H and O–H groups in total. The van der Waals surface area contributed by atoms with Crippen LogP contribution in [0.3, 0.4) is 0 Å². The van der Waals surface area contributed by atoms with Crippen LogP contribution in [-0.4, -0.2) is 37.0 Å². The van der Waals surface area contributed by atoms with Crippen molar-refractivity contribution in [3.63, 3.8) is 0 Å². The monoisotopic (exact) mass is 170 g/mol. The van der Waals surface area contributed by atoms with Crippen LogP contribution in [0, 0.1) is 0 Å². The topological polar surface area (TPSA) is 32.3 Å². The largest absolute Gasteiger partial charge is 0.358 e. The summed E-state index contributed by atoms with van der Waals surface area (Å²) in [5.74, 6) is 0.161. The Morgan fingerprint density at radius 2 is 2.25 bits per heavy atom. The molecule has 1 heterocycles. The lowest BCUT2D eigenvalue weighted by Crippen LogP contribution is -2.42. The van der Waals surface area contributed by atoms with Gasteiger partial charge in [-0.1, -0.05) is 6.92 Å². The van der Waals surface area contributed by atoms with Crippen molar-refractivity contribution in [3.05, 3.63) is 0 Å². The Kier molecular flexibility index (Phi) is 3.09. The Balaban J connectivity index is 2.54. The molecule has 1 fully saturated rings. The smallest absolute Gasteiger partial charge is 0.237 e. The second-order valence-electron chi connectivity index (χ2n) is 3.43. The summed E-state index contributed by atoms with van der Waals surface area (Å²) in [4.78, 5) is 13.5. The molecule has 0 spiro atoms. The molecule has 0 aromatic carbocycles. The molecule has 0 unspecified atom stereocenters. The number of carbonyl (C=O) groups excluding carboxylic acids is 1. The van der Waals surface area contributed by atoms with E-state index in [4.69, 9.17) is 0 Å². The zero-order valence-corrected chi connectivity index (χ0v) is 8.13. The van der Waals surface area contributed by atoms with Gasteiger partial charge in [0.05, 0.1) is 6.04 Å². The fourth-order valence-electron chi connectivity index (χ4n) is 1.99. The first-order chi connectivity index (χ1) is 5.70. The minimum atomic E-state index is 0.111. The maximum absolute atomic E-state index is 11.3. The molecule has 0 aliphatic carbocycles. The van der Waals surface area contributed by atoms with E-state index in [-0.39, 0.29) is 11.9 Å². The predicted octanol–water partition coefficient (Wildman–Crippen LogP) is 0.605. The van der Waals surface area contributed by atoms with Gasteiger partial charge < -0.3 is 5.32 Å². The van der Waals surface area contributed by atoms with Gasteiger partial charge in [0.25, 0.3) is 0 Å². The summed E-state index contributed by atoms with van der Waals surface area (Å²) < 4.78 is 0. The Labute approximate surface area is 74.1 Å². The predicted molar refractivity (Wildman–Crippen MR) is 48.9 cm³/mol. The summed E-state index contributed by atoms with van der Waals surface area (Å²) in [7, 11) is 3.75. The third-order valence-electron chi connectivity index (χ3n) is 2.86. The number of nitrogens with zero attached hydrogens (tertiary/aromatic N) is 1. The molecule has 1 rings (SSSR count). The van der Waals surface area contributed by atoms with Gasteiger partial charge in [-0.25, -0.2) is 0 Å². The minimum Gasteiger partial charge on any atom is -0.358 e. The van der Waals surface area contributed by atoms with Crippen LogP contribution in [0.25, 0.3) is 0 Å². The zero-order valence-electron chi connectivity index (χ0n) is 8.13. The van der Waals surface area contributed by atoms with Crippen molar-refractivity contribution in [2.45, 2.75) is 38.3 Å². The molecule has 0 aromatic rings. The van der Waals surface area contributed by atoms with Crippen LogP contribution in [0.15, 0.2) is 0 Å². The molecule has 0 radical (unpaired) electrons. The molecule has 0 aromatic heterocycles. The maximum Gasteiger partial charge on any atom is 0.237 e. The molecule has 12 heavy (non-hydrogen) atoms. The van der Waals surface area contributed by atoms with Gasteiger partial charge in [-0.3, -0.25) is 9.69 Å². The van der Waals surface area contributed by atoms with Crippen LogP contribution < -0.4 is 5.32 Å². The summed E-state index contributed by atoms with van der Waals surface area (Å²) in [6.45, 7) is 2.17. The van der Waals surface area contributed by atoms with E-state index in [1.807, 2.05) is 7.05 Å². The maximum atomic E-state index is 11.3. The van der Waals surface area contributed by atoms with Crippen LogP contribution in [0.1, 0.15) is 26.2 Å². The molecule has 1 amide bonds. The Morgan fingerprint density at radius 1 is 1.58 bits per heavy atom. The Morgan fingerprint density at radius 3 is 2.67 bits per heavy atom. The van der Waals surface area contributed by atoms with Crippen molar-refractivity contribution in [2.75, 3.05) is 14.1 Å². The summed E-state index contributed by atoms with van der Waals surface area (Å²) in [6, 6.07) is 0.715. The van der Waals surface area contributed by atoms with Crippen LogP contribution in [0.4, 0.5) is 0 Å². The van der Waals surface area contributed by atoms with Gasteiger partial charge in [0.1, 0.15) is 0 Å². The van der Waals surface area contributed by atoms with Crippen molar-refractivity contribution in [3.8, 4) is 0 Å². The summed E-state index contributed by atoms with van der Waals surface area (Å²) in [5, 5.41) is 2.70. The van der Waals surface area contributed by atoms with E-state index >= 15 is 0 Å². The van der Waals surface area contributed by atoms with Gasteiger partial charge >= 0.3 is 0 Å². The average molecular weight is 170 g/mol. The first-order valence-corrected chi connectivity index (χ1v) is 4.64. The molecule has 2 atom stereocenters. The van der Waals surface area contributed by atoms with Crippen molar-refractivity contribution in [2.24, 2.45) is 0 Å². The number of likely N-dealkylation sites (N-methyl/N-ethyl adjacent to an activating group) is 2. The molecule has 1 aliphatic rings. The lowest BCUT2D eigenvalue weighted by Gasteiger charge is -2.23. The molecular weight excluding hydrogens is 152 g/mol. The fourth-order valence-corrected chi connectivity index (χ4v) is 1.99. The fraction of sp³-hybridized carbons (Fsp3) is 0.889. The van der Waals surface area contributed by atoms with Crippen molar-refractivity contribution in [1.82, 2.24) is 10.2 Å². The quantitative estimate of drug-likeness (QED) is 0.658. The summed E-state index contributed by atoms with van der Waals surface area (Å²) in [6.07, 6.45) is 3.31. The second kappa shape index (κ2) is 3.90. The number of carbonyl (C=O) groups is 1. The zero-order chi connectivity index (χ0) is 9.14. The van der Waals surface area contributed by atoms with Gasteiger partial charge in [0, 0.05) is 13.1 Å². The molecule has 70 valence electrons. The number of hydrogen-bond donors (Lipinski definition) is 1. The number of nitrogens with one attached hydrogen (secondary N) is 1. The SMILES string of the molecule is CC[C@@H]1CC[C@@H](C(=O)NC)N1C. The second-order valence-corrected chi connectivity index (χ2v) is 3.43. The molecule has 1 saturated heterocycles.